The van der Waals surface area contributed by atoms with Crippen molar-refractivity contribution in [1.82, 2.24) is 0 Å². The van der Waals surface area contributed by atoms with Crippen molar-refractivity contribution in [2.45, 2.75) is 31.5 Å². The maximum Gasteiger partial charge on any atom is 0.341 e. The molecule has 0 amide bonds. The third kappa shape index (κ3) is 5.84. The van der Waals surface area contributed by atoms with Crippen LogP contribution in [0.25, 0.3) is 0 Å². The number of carboxylic acid groups (broad SMARTS) is 1. The fourth-order valence-electron chi connectivity index (χ4n) is 4.70. The Morgan fingerprint density at radius 2 is 1.71 bits per heavy atom. The van der Waals surface area contributed by atoms with Gasteiger partial charge < -0.3 is 14.6 Å². The molecule has 0 radical (unpaired) electrons. The summed E-state index contributed by atoms with van der Waals surface area (Å²) in [5, 5.41) is 10.5. The summed E-state index contributed by atoms with van der Waals surface area (Å²) < 4.78 is 12.5. The highest BCUT2D eigenvalue weighted by atomic mass is 35.5. The Hall–Kier alpha value is -2.50. The molecule has 0 aromatic heterocycles. The average molecular weight is 532 g/mol. The van der Waals surface area contributed by atoms with Crippen LogP contribution in [0.5, 0.6) is 5.75 Å². The molecule has 1 heterocycles. The number of hydrogen-bond donors (Lipinski definition) is 1. The molecule has 7 heteroatoms. The second-order valence-electron chi connectivity index (χ2n) is 8.73. The fourth-order valence-corrected chi connectivity index (χ4v) is 5.46. The van der Waals surface area contributed by atoms with Gasteiger partial charge in [-0.15, -0.1) is 0 Å². The lowest BCUT2D eigenvalue weighted by atomic mass is 9.74. The van der Waals surface area contributed by atoms with Gasteiger partial charge in [-0.25, -0.2) is 4.79 Å². The van der Waals surface area contributed by atoms with Crippen molar-refractivity contribution >= 4 is 40.8 Å². The predicted octanol–water partition coefficient (Wildman–Crippen LogP) is 8.29. The summed E-state index contributed by atoms with van der Waals surface area (Å²) in [5.41, 5.74) is 3.61. The lowest BCUT2D eigenvalue weighted by Gasteiger charge is -2.43. The van der Waals surface area contributed by atoms with Gasteiger partial charge in [0, 0.05) is 27.4 Å². The zero-order valence-electron chi connectivity index (χ0n) is 19.1. The van der Waals surface area contributed by atoms with Crippen LogP contribution < -0.4 is 4.74 Å². The van der Waals surface area contributed by atoms with Crippen molar-refractivity contribution in [2.75, 3.05) is 6.61 Å². The van der Waals surface area contributed by atoms with Crippen molar-refractivity contribution in [3.63, 3.8) is 0 Å². The van der Waals surface area contributed by atoms with Gasteiger partial charge in [0.1, 0.15) is 5.75 Å². The van der Waals surface area contributed by atoms with E-state index in [0.29, 0.717) is 15.6 Å². The summed E-state index contributed by atoms with van der Waals surface area (Å²) in [6, 6.07) is 21.1. The Morgan fingerprint density at radius 1 is 1.00 bits per heavy atom. The van der Waals surface area contributed by atoms with E-state index in [1.807, 2.05) is 55.5 Å². The quantitative estimate of drug-likeness (QED) is 0.312. The van der Waals surface area contributed by atoms with Gasteiger partial charge in [-0.1, -0.05) is 89.4 Å². The third-order valence-corrected chi connectivity index (χ3v) is 6.99. The Morgan fingerprint density at radius 3 is 2.37 bits per heavy atom. The minimum Gasteiger partial charge on any atom is -0.480 e. The van der Waals surface area contributed by atoms with Crippen LogP contribution in [0, 0.1) is 5.92 Å². The summed E-state index contributed by atoms with van der Waals surface area (Å²) >= 11 is 19.2. The van der Waals surface area contributed by atoms with Gasteiger partial charge in [-0.05, 0) is 48.7 Å². The number of rotatable bonds is 7. The van der Waals surface area contributed by atoms with E-state index < -0.39 is 18.7 Å². The molecule has 0 unspecified atom stereocenters. The van der Waals surface area contributed by atoms with Crippen LogP contribution in [0.1, 0.15) is 48.2 Å². The van der Waals surface area contributed by atoms with E-state index in [4.69, 9.17) is 44.3 Å². The third-order valence-electron chi connectivity index (χ3n) is 6.25. The fraction of sp³-hybridized carbons (Fsp3) is 0.250. The number of hydrogen-bond acceptors (Lipinski definition) is 3. The van der Waals surface area contributed by atoms with Gasteiger partial charge in [0.05, 0.1) is 17.2 Å². The van der Waals surface area contributed by atoms with E-state index in [1.54, 1.807) is 6.07 Å². The molecule has 1 fully saturated rings. The van der Waals surface area contributed by atoms with Gasteiger partial charge in [0.2, 0.25) is 0 Å². The normalized spacial score (nSPS) is 21.9. The average Bonchev–Trinajstić information content (AvgIpc) is 2.82. The molecule has 3 aromatic carbocycles. The van der Waals surface area contributed by atoms with Crippen LogP contribution in [0.2, 0.25) is 15.1 Å². The molecule has 1 aliphatic rings. The molecular formula is C28H25Cl3O4. The molecular weight excluding hydrogens is 507 g/mol. The van der Waals surface area contributed by atoms with Crippen molar-refractivity contribution in [1.29, 1.82) is 0 Å². The van der Waals surface area contributed by atoms with Gasteiger partial charge in [0.25, 0.3) is 0 Å². The van der Waals surface area contributed by atoms with Crippen LogP contribution in [-0.4, -0.2) is 17.7 Å². The number of halogens is 3. The van der Waals surface area contributed by atoms with E-state index in [2.05, 4.69) is 12.6 Å². The van der Waals surface area contributed by atoms with Crippen molar-refractivity contribution in [2.24, 2.45) is 5.92 Å². The van der Waals surface area contributed by atoms with Gasteiger partial charge >= 0.3 is 5.97 Å². The molecule has 1 aliphatic heterocycles. The first-order valence-corrected chi connectivity index (χ1v) is 12.3. The minimum atomic E-state index is -1.11. The summed E-state index contributed by atoms with van der Waals surface area (Å²) in [6.07, 6.45) is -0.0870. The molecule has 4 atom stereocenters. The van der Waals surface area contributed by atoms with Crippen LogP contribution in [0.4, 0.5) is 0 Å². The number of carboxylic acids is 1. The van der Waals surface area contributed by atoms with Crippen LogP contribution in [-0.2, 0) is 9.53 Å². The monoisotopic (exact) mass is 530 g/mol. The predicted molar refractivity (Wildman–Crippen MR) is 140 cm³/mol. The SMILES string of the molecule is C=C(C)[C@H]1C[C@H](c2cccc(Cl)c2)[C@H](c2ccccc2)O[C@@H]1c1cc(Cl)cc(Cl)c1OCC(=O)O. The standard InChI is InChI=1S/C28H25Cl3O4/c1-16(2)21-14-22(18-9-6-10-19(29)11-18)26(17-7-4-3-5-8-17)35-27(21)23-12-20(30)13-24(31)28(23)34-15-25(32)33/h3-13,21-22,26-27H,1,14-15H2,2H3,(H,32,33)/t21-,22-,26+,27+/m1/s1. The van der Waals surface area contributed by atoms with E-state index in [-0.39, 0.29) is 28.7 Å². The first-order chi connectivity index (χ1) is 16.7. The number of ether oxygens (including phenoxy) is 2. The molecule has 1 saturated heterocycles. The van der Waals surface area contributed by atoms with Crippen LogP contribution in [0.3, 0.4) is 0 Å². The van der Waals surface area contributed by atoms with Crippen molar-refractivity contribution in [3.05, 3.63) is 111 Å². The zero-order chi connectivity index (χ0) is 25.1. The Bertz CT molecular complexity index is 1230. The molecule has 182 valence electrons. The zero-order valence-corrected chi connectivity index (χ0v) is 21.4. The second-order valence-corrected chi connectivity index (χ2v) is 10.0. The topological polar surface area (TPSA) is 55.8 Å². The molecule has 4 nitrogen and oxygen atoms in total. The Labute approximate surface area is 220 Å². The maximum atomic E-state index is 11.2. The van der Waals surface area contributed by atoms with Gasteiger partial charge in [-0.2, -0.15) is 0 Å². The Balaban J connectivity index is 1.83. The van der Waals surface area contributed by atoms with Crippen molar-refractivity contribution < 1.29 is 19.4 Å². The summed E-state index contributed by atoms with van der Waals surface area (Å²) in [6.45, 7) is 5.67. The highest BCUT2D eigenvalue weighted by Gasteiger charge is 2.42. The summed E-state index contributed by atoms with van der Waals surface area (Å²) in [7, 11) is 0. The highest BCUT2D eigenvalue weighted by molar-refractivity contribution is 6.35. The number of carbonyl (C=O) groups is 1. The minimum absolute atomic E-state index is 0.00657. The van der Waals surface area contributed by atoms with E-state index in [9.17, 15) is 9.90 Å². The van der Waals surface area contributed by atoms with Gasteiger partial charge in [0.15, 0.2) is 6.61 Å². The molecule has 4 rings (SSSR count). The van der Waals surface area contributed by atoms with E-state index >= 15 is 0 Å². The lowest BCUT2D eigenvalue weighted by molar-refractivity contribution is -0.139. The molecule has 0 spiro atoms. The maximum absolute atomic E-state index is 11.2. The van der Waals surface area contributed by atoms with Gasteiger partial charge in [-0.3, -0.25) is 0 Å². The first kappa shape index (κ1) is 25.6. The van der Waals surface area contributed by atoms with Crippen LogP contribution >= 0.6 is 34.8 Å². The lowest BCUT2D eigenvalue weighted by Crippen LogP contribution is -2.32. The van der Waals surface area contributed by atoms with E-state index in [1.165, 1.54) is 6.07 Å². The first-order valence-electron chi connectivity index (χ1n) is 11.2. The molecule has 3 aromatic rings. The molecule has 35 heavy (non-hydrogen) atoms. The summed E-state index contributed by atoms with van der Waals surface area (Å²) in [5.74, 6) is -0.957. The number of benzene rings is 3. The van der Waals surface area contributed by atoms with Crippen molar-refractivity contribution in [3.8, 4) is 5.75 Å². The van der Waals surface area contributed by atoms with E-state index in [0.717, 1.165) is 23.1 Å². The highest BCUT2D eigenvalue weighted by Crippen LogP contribution is 2.54. The molecule has 0 saturated carbocycles. The largest absolute Gasteiger partial charge is 0.480 e. The smallest absolute Gasteiger partial charge is 0.341 e. The van der Waals surface area contributed by atoms with Crippen LogP contribution in [0.15, 0.2) is 78.9 Å². The Kier molecular flexibility index (Phi) is 8.08. The number of aliphatic carboxylic acids is 1. The molecule has 0 aliphatic carbocycles. The second kappa shape index (κ2) is 11.0. The summed E-state index contributed by atoms with van der Waals surface area (Å²) in [4.78, 5) is 11.2. The molecule has 1 N–H and O–H groups in total. The molecule has 0 bridgehead atoms.